The van der Waals surface area contributed by atoms with Crippen LogP contribution in [-0.4, -0.2) is 22.2 Å². The molecule has 1 heterocycles. The van der Waals surface area contributed by atoms with E-state index in [2.05, 4.69) is 4.98 Å². The van der Waals surface area contributed by atoms with Crippen LogP contribution in [0.3, 0.4) is 0 Å². The average Bonchev–Trinajstić information content (AvgIpc) is 2.51. The van der Waals surface area contributed by atoms with E-state index >= 15 is 0 Å². The van der Waals surface area contributed by atoms with E-state index < -0.39 is 17.2 Å². The first-order valence-electron chi connectivity index (χ1n) is 6.43. The molecule has 0 aliphatic carbocycles. The molecule has 1 amide bonds. The lowest BCUT2D eigenvalue weighted by atomic mass is 10.1. The van der Waals surface area contributed by atoms with Gasteiger partial charge in [-0.1, -0.05) is 29.3 Å². The molecule has 0 fully saturated rings. The molecule has 2 rings (SSSR count). The fraction of sp³-hybridized carbons (Fsp3) is 0.200. The van der Waals surface area contributed by atoms with Crippen LogP contribution < -0.4 is 4.31 Å². The number of carbonyl (C=O) groups excluding carboxylic acids is 1. The van der Waals surface area contributed by atoms with Crippen molar-refractivity contribution < 1.29 is 13.2 Å². The van der Waals surface area contributed by atoms with Gasteiger partial charge in [0.25, 0.3) is 17.2 Å². The number of aromatic nitrogens is 1. The third-order valence-corrected chi connectivity index (χ3v) is 4.20. The van der Waals surface area contributed by atoms with Crippen LogP contribution in [0.4, 0.5) is 5.69 Å². The number of carbonyl (C=O) groups is 1. The van der Waals surface area contributed by atoms with Crippen LogP contribution >= 0.6 is 11.6 Å². The summed E-state index contributed by atoms with van der Waals surface area (Å²) in [7, 11) is 1.26. The number of benzene rings is 1. The maximum Gasteiger partial charge on any atom is 0.272 e. The second-order valence-electron chi connectivity index (χ2n) is 4.63. The van der Waals surface area contributed by atoms with E-state index in [1.54, 1.807) is 37.3 Å². The Hall–Kier alpha value is -1.76. The molecular formula is C15H15ClN2O3S. The van der Waals surface area contributed by atoms with Gasteiger partial charge in [-0.2, -0.15) is 4.31 Å². The highest BCUT2D eigenvalue weighted by Gasteiger charge is 2.26. The van der Waals surface area contributed by atoms with E-state index in [4.69, 9.17) is 15.8 Å². The summed E-state index contributed by atoms with van der Waals surface area (Å²) in [5.41, 5.74) is 2.35. The third kappa shape index (κ3) is 3.52. The molecule has 2 aromatic rings. The maximum absolute atomic E-state index is 12.7. The van der Waals surface area contributed by atoms with Crippen LogP contribution in [-0.2, 0) is 15.4 Å². The van der Waals surface area contributed by atoms with E-state index in [-0.39, 0.29) is 5.02 Å². The highest BCUT2D eigenvalue weighted by Crippen LogP contribution is 2.28. The topological polar surface area (TPSA) is 59.5 Å². The Morgan fingerprint density at radius 2 is 1.91 bits per heavy atom. The first kappa shape index (κ1) is 16.6. The van der Waals surface area contributed by atoms with Crippen molar-refractivity contribution in [1.29, 1.82) is 0 Å². The Bertz CT molecular complexity index is 719. The molecule has 0 saturated carbocycles. The van der Waals surface area contributed by atoms with Gasteiger partial charge in [-0.3, -0.25) is 14.0 Å². The molecule has 0 bridgehead atoms. The third-order valence-electron chi connectivity index (χ3n) is 2.97. The molecular weight excluding hydrogens is 324 g/mol. The van der Waals surface area contributed by atoms with Crippen LogP contribution in [0.25, 0.3) is 0 Å². The average molecular weight is 339 g/mol. The van der Waals surface area contributed by atoms with Crippen molar-refractivity contribution in [2.45, 2.75) is 13.8 Å². The summed E-state index contributed by atoms with van der Waals surface area (Å²) < 4.78 is 18.0. The minimum Gasteiger partial charge on any atom is -0.277 e. The molecule has 0 aliphatic rings. The monoisotopic (exact) mass is 338 g/mol. The number of hydrogen-bond acceptors (Lipinski definition) is 4. The number of aryl methyl sites for hydroxylation is 2. The zero-order valence-electron chi connectivity index (χ0n) is 12.4. The Balaban J connectivity index is 2.50. The van der Waals surface area contributed by atoms with E-state index in [1.165, 1.54) is 13.3 Å². The summed E-state index contributed by atoms with van der Waals surface area (Å²) in [6.45, 7) is 3.67. The standard InChI is InChI=1S/C15H15ClN2O3S/c1-10-4-6-12(7-5-10)15(19)18(22(20)21-3)14-8-11(2)17-9-13(14)16/h4-9H,1-3H3. The Morgan fingerprint density at radius 1 is 1.27 bits per heavy atom. The van der Waals surface area contributed by atoms with Gasteiger partial charge in [0.15, 0.2) is 0 Å². The number of nitrogens with zero attached hydrogens (tertiary/aromatic N) is 2. The van der Waals surface area contributed by atoms with Crippen LogP contribution in [0, 0.1) is 13.8 Å². The number of hydrogen-bond donors (Lipinski definition) is 0. The number of amides is 1. The predicted molar refractivity (Wildman–Crippen MR) is 87.1 cm³/mol. The molecule has 1 atom stereocenters. The number of rotatable bonds is 4. The molecule has 1 unspecified atom stereocenters. The van der Waals surface area contributed by atoms with Crippen LogP contribution in [0.15, 0.2) is 36.5 Å². The Kier molecular flexibility index (Phi) is 5.28. The largest absolute Gasteiger partial charge is 0.277 e. The summed E-state index contributed by atoms with van der Waals surface area (Å²) in [4.78, 5) is 16.7. The summed E-state index contributed by atoms with van der Waals surface area (Å²) >= 11 is 4.10. The summed E-state index contributed by atoms with van der Waals surface area (Å²) in [6.07, 6.45) is 1.41. The van der Waals surface area contributed by atoms with Crippen molar-refractivity contribution in [2.75, 3.05) is 11.4 Å². The lowest BCUT2D eigenvalue weighted by molar-refractivity contribution is 0.100. The maximum atomic E-state index is 12.7. The highest BCUT2D eigenvalue weighted by molar-refractivity contribution is 7.82. The molecule has 0 aliphatic heterocycles. The summed E-state index contributed by atoms with van der Waals surface area (Å²) in [5, 5.41) is 0.219. The minimum absolute atomic E-state index is 0.219. The van der Waals surface area contributed by atoms with Gasteiger partial charge in [0.05, 0.1) is 17.8 Å². The van der Waals surface area contributed by atoms with Crippen molar-refractivity contribution in [3.8, 4) is 0 Å². The van der Waals surface area contributed by atoms with Gasteiger partial charge in [0.2, 0.25) is 0 Å². The van der Waals surface area contributed by atoms with Crippen molar-refractivity contribution >= 4 is 34.5 Å². The molecule has 0 N–H and O–H groups in total. The molecule has 0 spiro atoms. The summed E-state index contributed by atoms with van der Waals surface area (Å²) in [5.74, 6) is -0.465. The van der Waals surface area contributed by atoms with Crippen molar-refractivity contribution in [2.24, 2.45) is 0 Å². The Morgan fingerprint density at radius 3 is 2.50 bits per heavy atom. The van der Waals surface area contributed by atoms with Gasteiger partial charge in [-0.15, -0.1) is 0 Å². The normalized spacial score (nSPS) is 12.0. The zero-order valence-corrected chi connectivity index (χ0v) is 13.9. The minimum atomic E-state index is -2.00. The van der Waals surface area contributed by atoms with Gasteiger partial charge in [-0.05, 0) is 32.0 Å². The van der Waals surface area contributed by atoms with Gasteiger partial charge in [0.1, 0.15) is 0 Å². The molecule has 1 aromatic heterocycles. The molecule has 1 aromatic carbocycles. The lowest BCUT2D eigenvalue weighted by Crippen LogP contribution is -2.33. The smallest absolute Gasteiger partial charge is 0.272 e. The van der Waals surface area contributed by atoms with Gasteiger partial charge in [-0.25, -0.2) is 4.21 Å². The number of anilines is 1. The zero-order chi connectivity index (χ0) is 16.3. The molecule has 22 heavy (non-hydrogen) atoms. The fourth-order valence-corrected chi connectivity index (χ4v) is 2.77. The van der Waals surface area contributed by atoms with Gasteiger partial charge < -0.3 is 0 Å². The predicted octanol–water partition coefficient (Wildman–Crippen LogP) is 3.22. The molecule has 116 valence electrons. The van der Waals surface area contributed by atoms with E-state index in [0.717, 1.165) is 9.87 Å². The Labute approximate surface area is 136 Å². The van der Waals surface area contributed by atoms with Crippen LogP contribution in [0.5, 0.6) is 0 Å². The van der Waals surface area contributed by atoms with Crippen molar-refractivity contribution in [3.63, 3.8) is 0 Å². The lowest BCUT2D eigenvalue weighted by Gasteiger charge is -2.21. The number of halogens is 1. The molecule has 0 saturated heterocycles. The van der Waals surface area contributed by atoms with Gasteiger partial charge >= 0.3 is 0 Å². The van der Waals surface area contributed by atoms with E-state index in [1.807, 2.05) is 6.92 Å². The van der Waals surface area contributed by atoms with Crippen molar-refractivity contribution in [1.82, 2.24) is 4.98 Å². The van der Waals surface area contributed by atoms with Crippen LogP contribution in [0.1, 0.15) is 21.6 Å². The molecule has 7 heteroatoms. The summed E-state index contributed by atoms with van der Waals surface area (Å²) in [6, 6.07) is 8.53. The van der Waals surface area contributed by atoms with Crippen LogP contribution in [0.2, 0.25) is 5.02 Å². The highest BCUT2D eigenvalue weighted by atomic mass is 35.5. The molecule has 0 radical (unpaired) electrons. The second kappa shape index (κ2) is 7.00. The first-order chi connectivity index (χ1) is 10.4. The first-order valence-corrected chi connectivity index (χ1v) is 7.84. The quantitative estimate of drug-likeness (QED) is 0.858. The van der Waals surface area contributed by atoms with E-state index in [9.17, 15) is 9.00 Å². The molecule has 5 nitrogen and oxygen atoms in total. The van der Waals surface area contributed by atoms with Crippen molar-refractivity contribution in [3.05, 3.63) is 58.4 Å². The van der Waals surface area contributed by atoms with Gasteiger partial charge in [0, 0.05) is 17.5 Å². The van der Waals surface area contributed by atoms with E-state index in [0.29, 0.717) is 16.9 Å². The SMILES string of the molecule is COS(=O)N(C(=O)c1ccc(C)cc1)c1cc(C)ncc1Cl. The number of pyridine rings is 1. The fourth-order valence-electron chi connectivity index (χ4n) is 1.83. The second-order valence-corrected chi connectivity index (χ2v) is 6.17.